The van der Waals surface area contributed by atoms with E-state index in [1.807, 2.05) is 18.3 Å². The summed E-state index contributed by atoms with van der Waals surface area (Å²) < 4.78 is 7.62. The van der Waals surface area contributed by atoms with Crippen LogP contribution in [0.3, 0.4) is 0 Å². The second-order valence-electron chi connectivity index (χ2n) is 3.42. The standard InChI is InChI=1S/C10H8BrN5O/c11-7-1-2-9-14-10(15-16(9)6-7)12-5-8-3-4-13-17-8/h1-4,6H,5H2,(H,12,15). The first-order valence-corrected chi connectivity index (χ1v) is 5.76. The zero-order valence-corrected chi connectivity index (χ0v) is 10.3. The van der Waals surface area contributed by atoms with Gasteiger partial charge in [-0.05, 0) is 28.1 Å². The van der Waals surface area contributed by atoms with E-state index in [1.165, 1.54) is 0 Å². The fourth-order valence-corrected chi connectivity index (χ4v) is 1.76. The smallest absolute Gasteiger partial charge is 0.243 e. The van der Waals surface area contributed by atoms with E-state index in [1.54, 1.807) is 16.8 Å². The van der Waals surface area contributed by atoms with Gasteiger partial charge in [-0.25, -0.2) is 4.52 Å². The van der Waals surface area contributed by atoms with Gasteiger partial charge < -0.3 is 9.84 Å². The van der Waals surface area contributed by atoms with Gasteiger partial charge in [0.25, 0.3) is 0 Å². The van der Waals surface area contributed by atoms with Crippen molar-refractivity contribution in [3.8, 4) is 0 Å². The van der Waals surface area contributed by atoms with Gasteiger partial charge in [-0.2, -0.15) is 4.98 Å². The second-order valence-corrected chi connectivity index (χ2v) is 4.33. The average molecular weight is 294 g/mol. The van der Waals surface area contributed by atoms with Crippen LogP contribution >= 0.6 is 15.9 Å². The summed E-state index contributed by atoms with van der Waals surface area (Å²) in [5.41, 5.74) is 0.785. The highest BCUT2D eigenvalue weighted by Crippen LogP contribution is 2.12. The van der Waals surface area contributed by atoms with Crippen LogP contribution in [0.15, 0.2) is 39.6 Å². The van der Waals surface area contributed by atoms with Gasteiger partial charge >= 0.3 is 0 Å². The van der Waals surface area contributed by atoms with Crippen LogP contribution in [0.5, 0.6) is 0 Å². The molecule has 0 aliphatic heterocycles. The molecular formula is C10H8BrN5O. The van der Waals surface area contributed by atoms with Crippen molar-refractivity contribution in [3.05, 3.63) is 40.8 Å². The van der Waals surface area contributed by atoms with Crippen LogP contribution in [0.1, 0.15) is 5.76 Å². The third-order valence-corrected chi connectivity index (χ3v) is 2.68. The van der Waals surface area contributed by atoms with E-state index < -0.39 is 0 Å². The Balaban J connectivity index is 1.81. The fraction of sp³-hybridized carbons (Fsp3) is 0.100. The van der Waals surface area contributed by atoms with Crippen LogP contribution < -0.4 is 5.32 Å². The van der Waals surface area contributed by atoms with Gasteiger partial charge in [0, 0.05) is 16.7 Å². The minimum atomic E-state index is 0.512. The molecule has 0 saturated carbocycles. The Morgan fingerprint density at radius 3 is 3.12 bits per heavy atom. The van der Waals surface area contributed by atoms with Gasteiger partial charge in [-0.1, -0.05) is 5.16 Å². The number of aromatic nitrogens is 4. The number of anilines is 1. The Morgan fingerprint density at radius 2 is 2.29 bits per heavy atom. The monoisotopic (exact) mass is 293 g/mol. The molecule has 0 aromatic carbocycles. The summed E-state index contributed by atoms with van der Waals surface area (Å²) in [5, 5.41) is 11.0. The average Bonchev–Trinajstić information content (AvgIpc) is 2.94. The molecule has 1 N–H and O–H groups in total. The molecule has 3 aromatic rings. The SMILES string of the molecule is Brc1ccc2nc(NCc3ccno3)nn2c1. The number of pyridine rings is 1. The lowest BCUT2D eigenvalue weighted by atomic mass is 10.4. The minimum absolute atomic E-state index is 0.512. The van der Waals surface area contributed by atoms with Crippen molar-refractivity contribution in [1.29, 1.82) is 0 Å². The number of nitrogens with zero attached hydrogens (tertiary/aromatic N) is 4. The van der Waals surface area contributed by atoms with Crippen LogP contribution in [0.4, 0.5) is 5.95 Å². The van der Waals surface area contributed by atoms with Gasteiger partial charge in [-0.15, -0.1) is 5.10 Å². The Kier molecular flexibility index (Phi) is 2.52. The molecule has 3 rings (SSSR count). The van der Waals surface area contributed by atoms with Crippen molar-refractivity contribution in [2.24, 2.45) is 0 Å². The summed E-state index contributed by atoms with van der Waals surface area (Å²) in [6.07, 6.45) is 3.45. The first-order valence-electron chi connectivity index (χ1n) is 4.96. The molecule has 0 fully saturated rings. The van der Waals surface area contributed by atoms with Crippen molar-refractivity contribution in [3.63, 3.8) is 0 Å². The van der Waals surface area contributed by atoms with Crippen molar-refractivity contribution in [2.75, 3.05) is 5.32 Å². The normalized spacial score (nSPS) is 10.9. The molecule has 86 valence electrons. The predicted molar refractivity (Wildman–Crippen MR) is 64.5 cm³/mol. The summed E-state index contributed by atoms with van der Waals surface area (Å²) in [7, 11) is 0. The summed E-state index contributed by atoms with van der Waals surface area (Å²) >= 11 is 3.38. The van der Waals surface area contributed by atoms with Crippen molar-refractivity contribution in [2.45, 2.75) is 6.54 Å². The first-order chi connectivity index (χ1) is 8.31. The largest absolute Gasteiger partial charge is 0.360 e. The molecule has 0 aliphatic carbocycles. The predicted octanol–water partition coefficient (Wildman–Crippen LogP) is 2.09. The molecule has 0 spiro atoms. The highest BCUT2D eigenvalue weighted by molar-refractivity contribution is 9.10. The Labute approximate surface area is 105 Å². The molecule has 0 amide bonds. The van der Waals surface area contributed by atoms with Crippen molar-refractivity contribution >= 4 is 27.5 Å². The first kappa shape index (κ1) is 10.3. The lowest BCUT2D eigenvalue weighted by Crippen LogP contribution is -2.00. The lowest BCUT2D eigenvalue weighted by Gasteiger charge is -1.95. The number of hydrogen-bond donors (Lipinski definition) is 1. The van der Waals surface area contributed by atoms with Crippen molar-refractivity contribution in [1.82, 2.24) is 19.8 Å². The molecule has 3 heterocycles. The Hall–Kier alpha value is -1.89. The van der Waals surface area contributed by atoms with E-state index in [4.69, 9.17) is 4.52 Å². The van der Waals surface area contributed by atoms with Crippen LogP contribution in [0.25, 0.3) is 5.65 Å². The van der Waals surface area contributed by atoms with Crippen LogP contribution in [-0.4, -0.2) is 19.8 Å². The molecule has 7 heteroatoms. The maximum Gasteiger partial charge on any atom is 0.243 e. The highest BCUT2D eigenvalue weighted by Gasteiger charge is 2.04. The third kappa shape index (κ3) is 2.14. The van der Waals surface area contributed by atoms with E-state index in [9.17, 15) is 0 Å². The van der Waals surface area contributed by atoms with Crippen LogP contribution in [0, 0.1) is 0 Å². The molecule has 0 aliphatic rings. The van der Waals surface area contributed by atoms with Crippen molar-refractivity contribution < 1.29 is 4.52 Å². The number of rotatable bonds is 3. The fourth-order valence-electron chi connectivity index (χ4n) is 1.43. The van der Waals surface area contributed by atoms with E-state index in [0.717, 1.165) is 15.9 Å². The highest BCUT2D eigenvalue weighted by atomic mass is 79.9. The summed E-state index contributed by atoms with van der Waals surface area (Å²) in [5.74, 6) is 1.30. The third-order valence-electron chi connectivity index (χ3n) is 2.21. The second kappa shape index (κ2) is 4.17. The molecule has 0 saturated heterocycles. The molecule has 0 bridgehead atoms. The topological polar surface area (TPSA) is 68.2 Å². The molecule has 0 radical (unpaired) electrons. The van der Waals surface area contributed by atoms with Crippen LogP contribution in [0.2, 0.25) is 0 Å². The van der Waals surface area contributed by atoms with Crippen LogP contribution in [-0.2, 0) is 6.54 Å². The summed E-state index contributed by atoms with van der Waals surface area (Å²) in [4.78, 5) is 4.31. The molecule has 17 heavy (non-hydrogen) atoms. The van der Waals surface area contributed by atoms with E-state index in [2.05, 4.69) is 36.5 Å². The minimum Gasteiger partial charge on any atom is -0.360 e. The maximum absolute atomic E-state index is 4.97. The summed E-state index contributed by atoms with van der Waals surface area (Å²) in [6.45, 7) is 0.512. The zero-order chi connectivity index (χ0) is 11.7. The Morgan fingerprint density at radius 1 is 1.35 bits per heavy atom. The number of fused-ring (bicyclic) bond motifs is 1. The molecule has 0 atom stereocenters. The van der Waals surface area contributed by atoms with Gasteiger partial charge in [-0.3, -0.25) is 0 Å². The van der Waals surface area contributed by atoms with E-state index in [-0.39, 0.29) is 0 Å². The number of halogens is 1. The molecule has 0 unspecified atom stereocenters. The quantitative estimate of drug-likeness (QED) is 0.801. The number of nitrogens with one attached hydrogen (secondary N) is 1. The maximum atomic E-state index is 4.97. The lowest BCUT2D eigenvalue weighted by molar-refractivity contribution is 0.388. The Bertz CT molecular complexity index is 633. The zero-order valence-electron chi connectivity index (χ0n) is 8.67. The molecule has 6 nitrogen and oxygen atoms in total. The molecular weight excluding hydrogens is 286 g/mol. The van der Waals surface area contributed by atoms with Gasteiger partial charge in [0.2, 0.25) is 5.95 Å². The van der Waals surface area contributed by atoms with E-state index in [0.29, 0.717) is 12.5 Å². The van der Waals surface area contributed by atoms with E-state index >= 15 is 0 Å². The molecule has 3 aromatic heterocycles. The van der Waals surface area contributed by atoms with Gasteiger partial charge in [0.15, 0.2) is 11.4 Å². The summed E-state index contributed by atoms with van der Waals surface area (Å²) in [6, 6.07) is 5.60. The van der Waals surface area contributed by atoms with Gasteiger partial charge in [0.1, 0.15) is 0 Å². The van der Waals surface area contributed by atoms with Gasteiger partial charge in [0.05, 0.1) is 12.7 Å². The number of hydrogen-bond acceptors (Lipinski definition) is 5.